The second-order valence-electron chi connectivity index (χ2n) is 4.43. The van der Waals surface area contributed by atoms with Crippen LogP contribution in [0.3, 0.4) is 0 Å². The van der Waals surface area contributed by atoms with E-state index in [1.807, 2.05) is 4.98 Å². The van der Waals surface area contributed by atoms with Gasteiger partial charge in [-0.3, -0.25) is 14.6 Å². The molecule has 1 aliphatic carbocycles. The van der Waals surface area contributed by atoms with Gasteiger partial charge in [0, 0.05) is 6.07 Å². The van der Waals surface area contributed by atoms with E-state index in [4.69, 9.17) is 0 Å². The van der Waals surface area contributed by atoms with Crippen LogP contribution in [0.25, 0.3) is 0 Å². The van der Waals surface area contributed by atoms with Crippen LogP contribution in [0, 0.1) is 0 Å². The van der Waals surface area contributed by atoms with Crippen LogP contribution in [-0.2, 0) is 0 Å². The molecule has 1 saturated carbocycles. The normalized spacial score (nSPS) is 23.6. The highest BCUT2D eigenvalue weighted by atomic mass is 16.3. The molecule has 4 N–H and O–H groups in total. The molecule has 0 aromatic carbocycles. The highest BCUT2D eigenvalue weighted by Gasteiger charge is 2.25. The Bertz CT molecular complexity index is 519. The lowest BCUT2D eigenvalue weighted by atomic mass is 9.92. The number of rotatable bonds is 2. The van der Waals surface area contributed by atoms with E-state index >= 15 is 0 Å². The monoisotopic (exact) mass is 253 g/mol. The van der Waals surface area contributed by atoms with Gasteiger partial charge in [0.1, 0.15) is 5.69 Å². The molecule has 1 aliphatic rings. The number of aromatic amines is 2. The molecule has 1 aromatic rings. The van der Waals surface area contributed by atoms with Crippen LogP contribution in [0.15, 0.2) is 15.7 Å². The highest BCUT2D eigenvalue weighted by molar-refractivity contribution is 5.92. The Balaban J connectivity index is 2.11. The van der Waals surface area contributed by atoms with E-state index < -0.39 is 23.3 Å². The van der Waals surface area contributed by atoms with Crippen LogP contribution in [0.4, 0.5) is 0 Å². The van der Waals surface area contributed by atoms with Crippen molar-refractivity contribution in [3.63, 3.8) is 0 Å². The van der Waals surface area contributed by atoms with Gasteiger partial charge in [0.15, 0.2) is 0 Å². The zero-order valence-corrected chi connectivity index (χ0v) is 9.73. The summed E-state index contributed by atoms with van der Waals surface area (Å²) in [6, 6.07) is 0.695. The van der Waals surface area contributed by atoms with Crippen molar-refractivity contribution in [2.24, 2.45) is 0 Å². The molecule has 0 bridgehead atoms. The summed E-state index contributed by atoms with van der Waals surface area (Å²) in [5, 5.41) is 12.3. The molecule has 0 aliphatic heterocycles. The van der Waals surface area contributed by atoms with Crippen molar-refractivity contribution in [2.45, 2.75) is 37.8 Å². The van der Waals surface area contributed by atoms with E-state index in [9.17, 15) is 19.5 Å². The topological polar surface area (TPSA) is 115 Å². The quantitative estimate of drug-likeness (QED) is 0.546. The molecule has 0 unspecified atom stereocenters. The average molecular weight is 253 g/mol. The molecule has 7 nitrogen and oxygen atoms in total. The summed E-state index contributed by atoms with van der Waals surface area (Å²) in [4.78, 5) is 38.1. The van der Waals surface area contributed by atoms with E-state index in [0.29, 0.717) is 12.8 Å². The Morgan fingerprint density at radius 3 is 2.67 bits per heavy atom. The summed E-state index contributed by atoms with van der Waals surface area (Å²) in [6.07, 6.45) is 2.65. The summed E-state index contributed by atoms with van der Waals surface area (Å²) in [6.45, 7) is 0. The molecule has 2 rings (SSSR count). The van der Waals surface area contributed by atoms with Gasteiger partial charge in [0.25, 0.3) is 11.5 Å². The first-order valence-electron chi connectivity index (χ1n) is 5.89. The smallest absolute Gasteiger partial charge is 0.326 e. The molecule has 2 atom stereocenters. The summed E-state index contributed by atoms with van der Waals surface area (Å²) < 4.78 is 0. The molecule has 98 valence electrons. The van der Waals surface area contributed by atoms with Gasteiger partial charge in [-0.05, 0) is 12.8 Å². The standard InChI is InChI=1S/C11H15N3O4/c15-8-4-2-1-3-6(8)12-10(17)7-5-9(16)14-11(18)13-7/h5-6,8,15H,1-4H2,(H,12,17)(H2,13,14,16,18)/t6-,8-/m0/s1. The molecule has 7 heteroatoms. The minimum atomic E-state index is -0.725. The van der Waals surface area contributed by atoms with Crippen molar-refractivity contribution in [2.75, 3.05) is 0 Å². The lowest BCUT2D eigenvalue weighted by Crippen LogP contribution is -2.45. The number of hydrogen-bond donors (Lipinski definition) is 4. The van der Waals surface area contributed by atoms with Gasteiger partial charge >= 0.3 is 5.69 Å². The largest absolute Gasteiger partial charge is 0.391 e. The first-order valence-corrected chi connectivity index (χ1v) is 5.89. The van der Waals surface area contributed by atoms with E-state index in [1.54, 1.807) is 0 Å². The third-order valence-electron chi connectivity index (χ3n) is 3.05. The number of nitrogens with one attached hydrogen (secondary N) is 3. The Labute approximate surface area is 102 Å². The zero-order valence-electron chi connectivity index (χ0n) is 9.73. The molecule has 1 heterocycles. The fourth-order valence-electron chi connectivity index (χ4n) is 2.12. The maximum Gasteiger partial charge on any atom is 0.326 e. The minimum Gasteiger partial charge on any atom is -0.391 e. The number of aromatic nitrogens is 2. The number of amides is 1. The third-order valence-corrected chi connectivity index (χ3v) is 3.05. The van der Waals surface area contributed by atoms with Gasteiger partial charge < -0.3 is 15.4 Å². The lowest BCUT2D eigenvalue weighted by Gasteiger charge is -2.28. The number of aliphatic hydroxyl groups excluding tert-OH is 1. The molecule has 18 heavy (non-hydrogen) atoms. The van der Waals surface area contributed by atoms with Crippen molar-refractivity contribution < 1.29 is 9.90 Å². The van der Waals surface area contributed by atoms with Crippen LogP contribution in [0.2, 0.25) is 0 Å². The fraction of sp³-hybridized carbons (Fsp3) is 0.545. The second kappa shape index (κ2) is 5.18. The SMILES string of the molecule is O=C(N[C@H]1CCCC[C@@H]1O)c1cc(=O)[nH]c(=O)[nH]1. The number of aliphatic hydroxyl groups is 1. The summed E-state index contributed by atoms with van der Waals surface area (Å²) in [5.41, 5.74) is -1.45. The first kappa shape index (κ1) is 12.6. The van der Waals surface area contributed by atoms with E-state index in [2.05, 4.69) is 10.3 Å². The van der Waals surface area contributed by atoms with Gasteiger partial charge in [-0.15, -0.1) is 0 Å². The predicted octanol–water partition coefficient (Wildman–Crippen LogP) is -0.903. The van der Waals surface area contributed by atoms with E-state index in [-0.39, 0.29) is 11.7 Å². The minimum absolute atomic E-state index is 0.0958. The summed E-state index contributed by atoms with van der Waals surface area (Å²) in [7, 11) is 0. The molecule has 0 spiro atoms. The third kappa shape index (κ3) is 2.86. The number of carbonyl (C=O) groups excluding carboxylic acids is 1. The Morgan fingerprint density at radius 1 is 1.28 bits per heavy atom. The zero-order chi connectivity index (χ0) is 13.1. The van der Waals surface area contributed by atoms with Crippen molar-refractivity contribution >= 4 is 5.91 Å². The lowest BCUT2D eigenvalue weighted by molar-refractivity contribution is 0.0713. The van der Waals surface area contributed by atoms with Gasteiger partial charge in [-0.2, -0.15) is 0 Å². The number of carbonyl (C=O) groups is 1. The fourth-order valence-corrected chi connectivity index (χ4v) is 2.12. The molecular weight excluding hydrogens is 238 g/mol. The molecule has 1 amide bonds. The molecular formula is C11H15N3O4. The van der Waals surface area contributed by atoms with Crippen molar-refractivity contribution in [3.8, 4) is 0 Å². The van der Waals surface area contributed by atoms with Crippen molar-refractivity contribution in [1.29, 1.82) is 0 Å². The predicted molar refractivity (Wildman–Crippen MR) is 63.4 cm³/mol. The van der Waals surface area contributed by atoms with Crippen molar-refractivity contribution in [1.82, 2.24) is 15.3 Å². The van der Waals surface area contributed by atoms with Gasteiger partial charge in [-0.1, -0.05) is 12.8 Å². The van der Waals surface area contributed by atoms with Crippen LogP contribution < -0.4 is 16.6 Å². The second-order valence-corrected chi connectivity index (χ2v) is 4.43. The molecule has 0 radical (unpaired) electrons. The van der Waals surface area contributed by atoms with Gasteiger partial charge in [0.2, 0.25) is 0 Å². The van der Waals surface area contributed by atoms with Crippen LogP contribution in [0.1, 0.15) is 36.2 Å². The molecule has 1 aromatic heterocycles. The number of H-pyrrole nitrogens is 2. The maximum absolute atomic E-state index is 11.8. The van der Waals surface area contributed by atoms with Crippen LogP contribution in [-0.4, -0.2) is 33.1 Å². The highest BCUT2D eigenvalue weighted by Crippen LogP contribution is 2.18. The van der Waals surface area contributed by atoms with Crippen LogP contribution in [0.5, 0.6) is 0 Å². The first-order chi connectivity index (χ1) is 8.56. The maximum atomic E-state index is 11.8. The average Bonchev–Trinajstić information content (AvgIpc) is 2.31. The van der Waals surface area contributed by atoms with E-state index in [1.165, 1.54) is 0 Å². The summed E-state index contributed by atoms with van der Waals surface area (Å²) >= 11 is 0. The Morgan fingerprint density at radius 2 is 2.00 bits per heavy atom. The Hall–Kier alpha value is -1.89. The van der Waals surface area contributed by atoms with Crippen LogP contribution >= 0.6 is 0 Å². The van der Waals surface area contributed by atoms with Gasteiger partial charge in [-0.25, -0.2) is 4.79 Å². The number of hydrogen-bond acceptors (Lipinski definition) is 4. The molecule has 0 saturated heterocycles. The summed E-state index contributed by atoms with van der Waals surface area (Å²) in [5.74, 6) is -0.552. The Kier molecular flexibility index (Phi) is 3.61. The van der Waals surface area contributed by atoms with E-state index in [0.717, 1.165) is 18.9 Å². The van der Waals surface area contributed by atoms with Crippen molar-refractivity contribution in [3.05, 3.63) is 32.6 Å². The van der Waals surface area contributed by atoms with Gasteiger partial charge in [0.05, 0.1) is 12.1 Å². The molecule has 1 fully saturated rings.